The van der Waals surface area contributed by atoms with Crippen LogP contribution < -0.4 is 4.90 Å². The summed E-state index contributed by atoms with van der Waals surface area (Å²) in [5.74, 6) is -0.922. The number of hydrogen-bond donors (Lipinski definition) is 1. The summed E-state index contributed by atoms with van der Waals surface area (Å²) in [4.78, 5) is 16.8. The number of benzene rings is 1. The van der Waals surface area contributed by atoms with Gasteiger partial charge in [-0.2, -0.15) is 0 Å². The summed E-state index contributed by atoms with van der Waals surface area (Å²) in [6.07, 6.45) is 1.93. The van der Waals surface area contributed by atoms with E-state index in [1.807, 2.05) is 24.3 Å². The van der Waals surface area contributed by atoms with Crippen LogP contribution in [0.5, 0.6) is 0 Å². The lowest BCUT2D eigenvalue weighted by molar-refractivity contribution is 0.0697. The normalized spacial score (nSPS) is 11.3. The van der Waals surface area contributed by atoms with Crippen molar-refractivity contribution in [2.45, 2.75) is 0 Å². The van der Waals surface area contributed by atoms with Gasteiger partial charge >= 0.3 is 5.97 Å². The Bertz CT molecular complexity index is 418. The Morgan fingerprint density at radius 1 is 1.50 bits per heavy atom. The Balaban J connectivity index is 3.04. The number of nitrogens with zero attached hydrogens (tertiary/aromatic N) is 2. The molecule has 1 rings (SSSR count). The number of carboxylic acids is 1. The van der Waals surface area contributed by atoms with E-state index in [1.165, 1.54) is 11.8 Å². The van der Waals surface area contributed by atoms with E-state index in [0.29, 0.717) is 0 Å². The van der Waals surface area contributed by atoms with E-state index in [1.54, 1.807) is 25.2 Å². The lowest BCUT2D eigenvalue weighted by Crippen LogP contribution is -2.23. The highest BCUT2D eigenvalue weighted by molar-refractivity contribution is 8.13. The Hall–Kier alpha value is -1.49. The molecule has 1 aromatic rings. The number of thioether (sulfide) groups is 1. The third-order valence-electron chi connectivity index (χ3n) is 2.14. The summed E-state index contributed by atoms with van der Waals surface area (Å²) < 4.78 is 0. The first-order valence-electron chi connectivity index (χ1n) is 4.68. The van der Waals surface area contributed by atoms with Gasteiger partial charge in [0.15, 0.2) is 5.17 Å². The number of rotatable bonds is 2. The van der Waals surface area contributed by atoms with Gasteiger partial charge in [-0.3, -0.25) is 4.99 Å². The van der Waals surface area contributed by atoms with Crippen LogP contribution in [-0.4, -0.2) is 36.6 Å². The summed E-state index contributed by atoms with van der Waals surface area (Å²) in [6, 6.07) is 6.78. The number of anilines is 1. The molecule has 0 spiro atoms. The van der Waals surface area contributed by atoms with Gasteiger partial charge in [-0.25, -0.2) is 4.79 Å². The van der Waals surface area contributed by atoms with Crippen LogP contribution in [0.3, 0.4) is 0 Å². The molecule has 0 aliphatic rings. The highest BCUT2D eigenvalue weighted by atomic mass is 32.2. The van der Waals surface area contributed by atoms with E-state index < -0.39 is 5.97 Å². The fraction of sp³-hybridized carbons (Fsp3) is 0.273. The first-order chi connectivity index (χ1) is 7.60. The van der Waals surface area contributed by atoms with Gasteiger partial charge in [0, 0.05) is 19.8 Å². The van der Waals surface area contributed by atoms with Gasteiger partial charge in [0.2, 0.25) is 0 Å². The van der Waals surface area contributed by atoms with Crippen molar-refractivity contribution < 1.29 is 9.90 Å². The van der Waals surface area contributed by atoms with E-state index >= 15 is 0 Å². The molecule has 1 N–H and O–H groups in total. The minimum absolute atomic E-state index is 0.279. The molecule has 0 unspecified atom stereocenters. The number of aromatic carboxylic acids is 1. The second-order valence-corrected chi connectivity index (χ2v) is 3.90. The Labute approximate surface area is 99.0 Å². The zero-order valence-electron chi connectivity index (χ0n) is 9.47. The SMILES string of the molecule is CN=C(SC)N(C)c1cccc(C(=O)O)c1. The molecule has 0 aliphatic heterocycles. The lowest BCUT2D eigenvalue weighted by atomic mass is 10.2. The highest BCUT2D eigenvalue weighted by Gasteiger charge is 2.09. The topological polar surface area (TPSA) is 52.9 Å². The van der Waals surface area contributed by atoms with Crippen LogP contribution in [0.4, 0.5) is 5.69 Å². The predicted molar refractivity (Wildman–Crippen MR) is 68.7 cm³/mol. The molecule has 0 amide bonds. The Morgan fingerprint density at radius 2 is 2.19 bits per heavy atom. The second-order valence-electron chi connectivity index (χ2n) is 3.12. The number of carbonyl (C=O) groups is 1. The van der Waals surface area contributed by atoms with Crippen LogP contribution in [0.25, 0.3) is 0 Å². The van der Waals surface area contributed by atoms with Crippen molar-refractivity contribution in [1.82, 2.24) is 0 Å². The molecule has 0 radical (unpaired) electrons. The van der Waals surface area contributed by atoms with Crippen molar-refractivity contribution in [3.8, 4) is 0 Å². The average molecular weight is 238 g/mol. The quantitative estimate of drug-likeness (QED) is 0.633. The molecule has 0 fully saturated rings. The summed E-state index contributed by atoms with van der Waals surface area (Å²) >= 11 is 1.52. The molecule has 4 nitrogen and oxygen atoms in total. The monoisotopic (exact) mass is 238 g/mol. The van der Waals surface area contributed by atoms with Crippen LogP contribution in [0.1, 0.15) is 10.4 Å². The summed E-state index contributed by atoms with van der Waals surface area (Å²) in [6.45, 7) is 0. The lowest BCUT2D eigenvalue weighted by Gasteiger charge is -2.19. The number of amidine groups is 1. The maximum absolute atomic E-state index is 10.8. The van der Waals surface area contributed by atoms with Crippen molar-refractivity contribution in [2.75, 3.05) is 25.3 Å². The van der Waals surface area contributed by atoms with Crippen LogP contribution >= 0.6 is 11.8 Å². The summed E-state index contributed by atoms with van der Waals surface area (Å²) in [5, 5.41) is 9.73. The molecule has 0 aromatic heterocycles. The molecular weight excluding hydrogens is 224 g/mol. The summed E-state index contributed by atoms with van der Waals surface area (Å²) in [7, 11) is 3.57. The molecule has 0 bridgehead atoms. The molecule has 0 saturated heterocycles. The van der Waals surface area contributed by atoms with Crippen LogP contribution in [0, 0.1) is 0 Å². The zero-order chi connectivity index (χ0) is 12.1. The van der Waals surface area contributed by atoms with Gasteiger partial charge in [-0.1, -0.05) is 17.8 Å². The summed E-state index contributed by atoms with van der Waals surface area (Å²) in [5.41, 5.74) is 1.09. The van der Waals surface area contributed by atoms with Crippen LogP contribution in [0.2, 0.25) is 0 Å². The fourth-order valence-corrected chi connectivity index (χ4v) is 1.90. The minimum Gasteiger partial charge on any atom is -0.478 e. The maximum Gasteiger partial charge on any atom is 0.335 e. The largest absolute Gasteiger partial charge is 0.478 e. The molecule has 1 aromatic carbocycles. The van der Waals surface area contributed by atoms with Crippen molar-refractivity contribution in [1.29, 1.82) is 0 Å². The molecule has 0 aliphatic carbocycles. The van der Waals surface area contributed by atoms with Crippen LogP contribution in [0.15, 0.2) is 29.3 Å². The van der Waals surface area contributed by atoms with Crippen molar-refractivity contribution in [3.63, 3.8) is 0 Å². The van der Waals surface area contributed by atoms with E-state index in [4.69, 9.17) is 5.11 Å². The van der Waals surface area contributed by atoms with Gasteiger partial charge in [0.05, 0.1) is 5.56 Å². The maximum atomic E-state index is 10.8. The van der Waals surface area contributed by atoms with Gasteiger partial charge in [-0.15, -0.1) is 0 Å². The standard InChI is InChI=1S/C11H14N2O2S/c1-12-11(16-3)13(2)9-6-4-5-8(7-9)10(14)15/h4-7H,1-3H3,(H,14,15). The van der Waals surface area contributed by atoms with Crippen LogP contribution in [-0.2, 0) is 0 Å². The molecule has 0 saturated carbocycles. The smallest absolute Gasteiger partial charge is 0.335 e. The van der Waals surface area contributed by atoms with Gasteiger partial charge in [0.25, 0.3) is 0 Å². The van der Waals surface area contributed by atoms with Gasteiger partial charge < -0.3 is 10.0 Å². The third-order valence-corrected chi connectivity index (χ3v) is 2.96. The number of hydrogen-bond acceptors (Lipinski definition) is 3. The fourth-order valence-electron chi connectivity index (χ4n) is 1.34. The van der Waals surface area contributed by atoms with Gasteiger partial charge in [0.1, 0.15) is 0 Å². The molecule has 86 valence electrons. The van der Waals surface area contributed by atoms with Crippen molar-refractivity contribution in [3.05, 3.63) is 29.8 Å². The van der Waals surface area contributed by atoms with Gasteiger partial charge in [-0.05, 0) is 24.5 Å². The predicted octanol–water partition coefficient (Wildman–Crippen LogP) is 2.17. The number of carboxylic acid groups (broad SMARTS) is 1. The average Bonchev–Trinajstić information content (AvgIpc) is 2.30. The third kappa shape index (κ3) is 2.76. The Kier molecular flexibility index (Phi) is 4.37. The number of aliphatic imine (C=N–C) groups is 1. The molecule has 0 atom stereocenters. The van der Waals surface area contributed by atoms with E-state index in [0.717, 1.165) is 10.9 Å². The zero-order valence-corrected chi connectivity index (χ0v) is 10.3. The highest BCUT2D eigenvalue weighted by Crippen LogP contribution is 2.18. The molecular formula is C11H14N2O2S. The Morgan fingerprint density at radius 3 is 2.69 bits per heavy atom. The first-order valence-corrected chi connectivity index (χ1v) is 5.90. The van der Waals surface area contributed by atoms with Crippen molar-refractivity contribution in [2.24, 2.45) is 4.99 Å². The molecule has 0 heterocycles. The van der Waals surface area contributed by atoms with Crippen molar-refractivity contribution >= 4 is 28.6 Å². The molecule has 5 heteroatoms. The second kappa shape index (κ2) is 5.55. The molecule has 16 heavy (non-hydrogen) atoms. The van der Waals surface area contributed by atoms with E-state index in [9.17, 15) is 4.79 Å². The van der Waals surface area contributed by atoms with E-state index in [2.05, 4.69) is 4.99 Å². The minimum atomic E-state index is -0.922. The first kappa shape index (κ1) is 12.6. The van der Waals surface area contributed by atoms with E-state index in [-0.39, 0.29) is 5.56 Å².